The summed E-state index contributed by atoms with van der Waals surface area (Å²) in [6.45, 7) is 3.26. The summed E-state index contributed by atoms with van der Waals surface area (Å²) in [5.41, 5.74) is -2.34. The van der Waals surface area contributed by atoms with Crippen LogP contribution in [0.25, 0.3) is 0 Å². The van der Waals surface area contributed by atoms with Gasteiger partial charge in [0.05, 0.1) is 9.85 Å². The lowest BCUT2D eigenvalue weighted by Crippen LogP contribution is -2.01. The van der Waals surface area contributed by atoms with Crippen molar-refractivity contribution in [3.05, 3.63) is 67.8 Å². The fourth-order valence-electron chi connectivity index (χ4n) is 1.96. The summed E-state index contributed by atoms with van der Waals surface area (Å²) in [7, 11) is 0. The third-order valence-corrected chi connectivity index (χ3v) is 4.89. The van der Waals surface area contributed by atoms with Crippen molar-refractivity contribution in [2.45, 2.75) is 13.8 Å². The second kappa shape index (κ2) is 7.38. The Morgan fingerprint density at radius 2 is 1.28 bits per heavy atom. The van der Waals surface area contributed by atoms with Crippen LogP contribution in [-0.2, 0) is 24.1 Å². The average Bonchev–Trinajstić information content (AvgIpc) is 2.50. The molecule has 0 aliphatic rings. The van der Waals surface area contributed by atoms with Crippen LogP contribution in [-0.4, -0.2) is 9.85 Å². The van der Waals surface area contributed by atoms with Gasteiger partial charge in [-0.3, -0.25) is 20.2 Å². The highest BCUT2D eigenvalue weighted by Crippen LogP contribution is 2.48. The largest absolute Gasteiger partial charge is 0.665 e. The highest BCUT2D eigenvalue weighted by molar-refractivity contribution is 8.51. The van der Waals surface area contributed by atoms with E-state index in [1.54, 1.807) is 13.8 Å². The maximum absolute atomic E-state index is 10.8. The van der Waals surface area contributed by atoms with Crippen LogP contribution in [0.4, 0.5) is 11.4 Å². The summed E-state index contributed by atoms with van der Waals surface area (Å²) in [6, 6.07) is 8.07. The lowest BCUT2D eigenvalue weighted by molar-refractivity contribution is -0.385. The summed E-state index contributed by atoms with van der Waals surface area (Å²) in [4.78, 5) is 20.5. The smallest absolute Gasteiger partial charge is 0.269 e. The molecular weight excluding hydrogens is 387 g/mol. The van der Waals surface area contributed by atoms with Crippen molar-refractivity contribution in [2.75, 3.05) is 0 Å². The van der Waals surface area contributed by atoms with Gasteiger partial charge in [0.15, 0.2) is 5.69 Å². The molecule has 0 fully saturated rings. The van der Waals surface area contributed by atoms with E-state index in [0.29, 0.717) is 22.6 Å². The molecule has 2 rings (SSSR count). The van der Waals surface area contributed by atoms with Crippen LogP contribution in [0.2, 0.25) is 0 Å². The van der Waals surface area contributed by atoms with Gasteiger partial charge >= 0.3 is 0 Å². The van der Waals surface area contributed by atoms with Crippen LogP contribution in [0.5, 0.6) is 11.5 Å². The Morgan fingerprint density at radius 1 is 0.920 bits per heavy atom. The van der Waals surface area contributed by atoms with Gasteiger partial charge in [0.1, 0.15) is 11.5 Å². The summed E-state index contributed by atoms with van der Waals surface area (Å²) in [5, 5.41) is 21.5. The van der Waals surface area contributed by atoms with Gasteiger partial charge in [0.2, 0.25) is 0 Å². The topological polar surface area (TPSA) is 105 Å². The minimum absolute atomic E-state index is 0.0744. The molecule has 0 bridgehead atoms. The second-order valence-corrected chi connectivity index (χ2v) is 9.88. The maximum atomic E-state index is 10.8. The lowest BCUT2D eigenvalue weighted by Gasteiger charge is -2.30. The molecule has 0 saturated carbocycles. The second-order valence-electron chi connectivity index (χ2n) is 5.04. The molecule has 0 aliphatic heterocycles. The molecule has 0 amide bonds. The van der Waals surface area contributed by atoms with Gasteiger partial charge in [-0.1, -0.05) is 0 Å². The van der Waals surface area contributed by atoms with Crippen molar-refractivity contribution in [1.82, 2.24) is 0 Å². The Bertz CT molecular complexity index is 835. The van der Waals surface area contributed by atoms with Gasteiger partial charge < -0.3 is 21.3 Å². The molecule has 0 aliphatic carbocycles. The zero-order valence-corrected chi connectivity index (χ0v) is 15.6. The molecule has 11 heteroatoms. The molecule has 2 aromatic rings. The van der Waals surface area contributed by atoms with Gasteiger partial charge in [0, 0.05) is 24.3 Å². The SMILES string of the molecule is Cc1cc([N+](=O)[O-])ccc1OP(=S)([S-])Oc1ccc([N+](=O)[O-])cc1C. The molecule has 25 heavy (non-hydrogen) atoms. The molecule has 8 nitrogen and oxygen atoms in total. The molecule has 0 unspecified atom stereocenters. The number of hydrogen-bond donors (Lipinski definition) is 0. The van der Waals surface area contributed by atoms with Crippen molar-refractivity contribution in [1.29, 1.82) is 0 Å². The minimum atomic E-state index is -3.19. The van der Waals surface area contributed by atoms with Crippen LogP contribution in [0, 0.1) is 34.1 Å². The molecule has 0 atom stereocenters. The van der Waals surface area contributed by atoms with Crippen molar-refractivity contribution in [2.24, 2.45) is 0 Å². The number of nitro groups is 2. The third-order valence-electron chi connectivity index (χ3n) is 3.16. The van der Waals surface area contributed by atoms with E-state index in [1.807, 2.05) is 0 Å². The van der Waals surface area contributed by atoms with Crippen LogP contribution >= 0.6 is 5.69 Å². The quantitative estimate of drug-likeness (QED) is 0.306. The Kier molecular flexibility index (Phi) is 5.66. The van der Waals surface area contributed by atoms with Gasteiger partial charge in [-0.05, 0) is 48.9 Å². The summed E-state index contributed by atoms with van der Waals surface area (Å²) < 4.78 is 11.1. The predicted molar refractivity (Wildman–Crippen MR) is 98.6 cm³/mol. The number of nitrogens with zero attached hydrogens (tertiary/aromatic N) is 2. The highest BCUT2D eigenvalue weighted by Gasteiger charge is 2.15. The standard InChI is InChI=1S/C14H13N2O6PS2/c1-9-7-11(15(17)18)3-5-13(9)21-23(24,25)22-14-6-4-12(16(19)20)8-10(14)2/h3-8H,1-2H3,(H,24,25)/p-1. The Hall–Kier alpha value is -2.16. The van der Waals surface area contributed by atoms with Gasteiger partial charge in [-0.2, -0.15) is 0 Å². The molecule has 0 aromatic heterocycles. The summed E-state index contributed by atoms with van der Waals surface area (Å²) in [5.74, 6) is 0.590. The first kappa shape index (κ1) is 19.2. The first-order valence-corrected chi connectivity index (χ1v) is 10.4. The van der Waals surface area contributed by atoms with E-state index >= 15 is 0 Å². The van der Waals surface area contributed by atoms with Gasteiger partial charge in [0.25, 0.3) is 11.4 Å². The van der Waals surface area contributed by atoms with Crippen molar-refractivity contribution < 1.29 is 18.9 Å². The molecule has 0 spiro atoms. The van der Waals surface area contributed by atoms with Gasteiger partial charge in [-0.15, -0.1) is 0 Å². The highest BCUT2D eigenvalue weighted by atomic mass is 32.9. The minimum Gasteiger partial charge on any atom is -0.665 e. The normalized spacial score (nSPS) is 11.0. The first-order valence-electron chi connectivity index (χ1n) is 6.79. The Balaban J connectivity index is 2.21. The molecule has 2 aromatic carbocycles. The van der Waals surface area contributed by atoms with Crippen LogP contribution in [0.3, 0.4) is 0 Å². The number of nitro benzene ring substituents is 2. The fraction of sp³-hybridized carbons (Fsp3) is 0.143. The van der Waals surface area contributed by atoms with Crippen molar-refractivity contribution in [3.63, 3.8) is 0 Å². The van der Waals surface area contributed by atoms with E-state index in [0.717, 1.165) is 0 Å². The van der Waals surface area contributed by atoms with Crippen LogP contribution in [0.15, 0.2) is 36.4 Å². The van der Waals surface area contributed by atoms with E-state index in [4.69, 9.17) is 33.1 Å². The van der Waals surface area contributed by atoms with Crippen molar-refractivity contribution >= 4 is 41.1 Å². The fourth-order valence-corrected chi connectivity index (χ4v) is 3.85. The van der Waals surface area contributed by atoms with Crippen LogP contribution in [0.1, 0.15) is 11.1 Å². The number of hydrogen-bond acceptors (Lipinski definition) is 8. The zero-order chi connectivity index (χ0) is 18.8. The predicted octanol–water partition coefficient (Wildman–Crippen LogP) is 4.35. The van der Waals surface area contributed by atoms with E-state index in [-0.39, 0.29) is 11.4 Å². The first-order chi connectivity index (χ1) is 11.6. The average molecular weight is 399 g/mol. The number of rotatable bonds is 6. The lowest BCUT2D eigenvalue weighted by atomic mass is 10.2. The monoisotopic (exact) mass is 399 g/mol. The molecular formula is C14H12N2O6PS2-. The Morgan fingerprint density at radius 3 is 1.56 bits per heavy atom. The third kappa shape index (κ3) is 4.91. The summed E-state index contributed by atoms with van der Waals surface area (Å²) in [6.07, 6.45) is 0. The number of aryl methyl sites for hydroxylation is 2. The van der Waals surface area contributed by atoms with Crippen LogP contribution < -0.4 is 9.05 Å². The number of benzene rings is 2. The molecule has 0 N–H and O–H groups in total. The maximum Gasteiger partial charge on any atom is 0.269 e. The van der Waals surface area contributed by atoms with Crippen molar-refractivity contribution in [3.8, 4) is 11.5 Å². The number of non-ortho nitro benzene ring substituents is 2. The molecule has 132 valence electrons. The van der Waals surface area contributed by atoms with E-state index < -0.39 is 15.5 Å². The summed E-state index contributed by atoms with van der Waals surface area (Å²) >= 11 is 10.4. The van der Waals surface area contributed by atoms with E-state index in [9.17, 15) is 20.2 Å². The van der Waals surface area contributed by atoms with Gasteiger partial charge in [-0.25, -0.2) is 0 Å². The molecule has 0 heterocycles. The Labute approximate surface area is 153 Å². The van der Waals surface area contributed by atoms with E-state index in [2.05, 4.69) is 0 Å². The molecule has 0 saturated heterocycles. The zero-order valence-electron chi connectivity index (χ0n) is 13.1. The van der Waals surface area contributed by atoms with E-state index in [1.165, 1.54) is 36.4 Å². The molecule has 0 radical (unpaired) electrons.